The van der Waals surface area contributed by atoms with Crippen LogP contribution in [-0.2, 0) is 16.1 Å². The zero-order valence-electron chi connectivity index (χ0n) is 21.0. The molecule has 1 atom stereocenters. The third-order valence-electron chi connectivity index (χ3n) is 5.86. The summed E-state index contributed by atoms with van der Waals surface area (Å²) in [7, 11) is 2.94. The number of unbranched alkanes of at least 4 members (excludes halogenated alkanes) is 1. The zero-order valence-corrected chi connectivity index (χ0v) is 24.2. The third-order valence-corrected chi connectivity index (χ3v) is 7.75. The monoisotopic (exact) mass is 606 g/mol. The van der Waals surface area contributed by atoms with Crippen LogP contribution < -0.4 is 14.8 Å². The SMILES string of the molecule is CCCCSc1nc2n(n1)C(c1cc(Br)c(OCc3ccccc3Cl)c(OC)c1)C(C(=O)OC)=C(C)N2. The van der Waals surface area contributed by atoms with Gasteiger partial charge in [-0.15, -0.1) is 5.10 Å². The fraction of sp³-hybridized carbons (Fsp3) is 0.346. The summed E-state index contributed by atoms with van der Waals surface area (Å²) in [6, 6.07) is 10.7. The highest BCUT2D eigenvalue weighted by Gasteiger charge is 2.36. The van der Waals surface area contributed by atoms with E-state index in [1.165, 1.54) is 7.11 Å². The summed E-state index contributed by atoms with van der Waals surface area (Å²) in [5, 5.41) is 9.21. The summed E-state index contributed by atoms with van der Waals surface area (Å²) >= 11 is 11.5. The van der Waals surface area contributed by atoms with Crippen LogP contribution in [0.5, 0.6) is 11.5 Å². The lowest BCUT2D eigenvalue weighted by molar-refractivity contribution is -0.136. The van der Waals surface area contributed by atoms with Crippen molar-refractivity contribution in [3.8, 4) is 11.5 Å². The van der Waals surface area contributed by atoms with E-state index in [0.29, 0.717) is 43.4 Å². The predicted molar refractivity (Wildman–Crippen MR) is 149 cm³/mol. The first-order valence-electron chi connectivity index (χ1n) is 11.8. The quantitative estimate of drug-likeness (QED) is 0.156. The number of ether oxygens (including phenoxy) is 3. The fourth-order valence-electron chi connectivity index (χ4n) is 3.99. The molecule has 0 saturated heterocycles. The second-order valence-electron chi connectivity index (χ2n) is 8.34. The second kappa shape index (κ2) is 12.2. The van der Waals surface area contributed by atoms with Gasteiger partial charge in [-0.25, -0.2) is 9.48 Å². The van der Waals surface area contributed by atoms with Gasteiger partial charge in [-0.2, -0.15) is 4.98 Å². The van der Waals surface area contributed by atoms with Gasteiger partial charge < -0.3 is 19.5 Å². The molecule has 37 heavy (non-hydrogen) atoms. The van der Waals surface area contributed by atoms with Gasteiger partial charge in [0, 0.05) is 22.0 Å². The van der Waals surface area contributed by atoms with Crippen molar-refractivity contribution >= 4 is 51.2 Å². The molecule has 3 aromatic rings. The van der Waals surface area contributed by atoms with E-state index in [0.717, 1.165) is 29.7 Å². The van der Waals surface area contributed by atoms with Crippen LogP contribution in [0.25, 0.3) is 0 Å². The first-order chi connectivity index (χ1) is 17.9. The van der Waals surface area contributed by atoms with E-state index in [1.54, 1.807) is 23.6 Å². The minimum atomic E-state index is -0.584. The number of aromatic nitrogens is 3. The molecule has 0 fully saturated rings. The number of allylic oxidation sites excluding steroid dienone is 1. The molecular weight excluding hydrogens is 580 g/mol. The Labute approximate surface area is 233 Å². The van der Waals surface area contributed by atoms with Crippen molar-refractivity contribution in [3.63, 3.8) is 0 Å². The van der Waals surface area contributed by atoms with Gasteiger partial charge >= 0.3 is 5.97 Å². The van der Waals surface area contributed by atoms with Gasteiger partial charge in [0.15, 0.2) is 11.5 Å². The molecule has 1 aliphatic rings. The average molecular weight is 608 g/mol. The minimum absolute atomic E-state index is 0.263. The summed E-state index contributed by atoms with van der Waals surface area (Å²) in [6.45, 7) is 4.24. The highest BCUT2D eigenvalue weighted by molar-refractivity contribution is 9.10. The van der Waals surface area contributed by atoms with Crippen molar-refractivity contribution in [2.75, 3.05) is 25.3 Å². The molecule has 0 radical (unpaired) electrons. The second-order valence-corrected chi connectivity index (χ2v) is 10.7. The lowest BCUT2D eigenvalue weighted by atomic mass is 9.95. The number of carbonyl (C=O) groups is 1. The fourth-order valence-corrected chi connectivity index (χ4v) is 5.66. The molecule has 1 unspecified atom stereocenters. The molecule has 11 heteroatoms. The van der Waals surface area contributed by atoms with E-state index < -0.39 is 12.0 Å². The number of esters is 1. The van der Waals surface area contributed by atoms with Crippen molar-refractivity contribution in [2.45, 2.75) is 44.5 Å². The Morgan fingerprint density at radius 3 is 2.76 bits per heavy atom. The molecule has 0 saturated carbocycles. The lowest BCUT2D eigenvalue weighted by Crippen LogP contribution is -2.29. The molecule has 1 aliphatic heterocycles. The molecule has 1 N–H and O–H groups in total. The summed E-state index contributed by atoms with van der Waals surface area (Å²) in [4.78, 5) is 17.6. The van der Waals surface area contributed by atoms with Crippen LogP contribution in [0, 0.1) is 0 Å². The maximum Gasteiger partial charge on any atom is 0.338 e. The number of nitrogens with zero attached hydrogens (tertiary/aromatic N) is 3. The lowest BCUT2D eigenvalue weighted by Gasteiger charge is -2.28. The number of fused-ring (bicyclic) bond motifs is 1. The normalized spacial score (nSPS) is 14.7. The molecule has 196 valence electrons. The van der Waals surface area contributed by atoms with Crippen molar-refractivity contribution in [3.05, 3.63) is 68.3 Å². The van der Waals surface area contributed by atoms with Crippen molar-refractivity contribution in [1.82, 2.24) is 14.8 Å². The molecule has 0 amide bonds. The number of hydrogen-bond donors (Lipinski definition) is 1. The molecule has 0 bridgehead atoms. The minimum Gasteiger partial charge on any atom is -0.493 e. The van der Waals surface area contributed by atoms with Crippen molar-refractivity contribution in [1.29, 1.82) is 0 Å². The number of methoxy groups -OCH3 is 2. The third kappa shape index (κ3) is 5.91. The number of anilines is 1. The van der Waals surface area contributed by atoms with E-state index >= 15 is 0 Å². The van der Waals surface area contributed by atoms with E-state index in [1.807, 2.05) is 43.3 Å². The standard InChI is InChI=1S/C26H28BrClN4O4S/c1-5-6-11-37-26-30-25-29-15(2)21(24(33)35-4)22(32(25)31-26)17-12-18(27)23(20(13-17)34-3)36-14-16-9-7-8-10-19(16)28/h7-10,12-13,22H,5-6,11,14H2,1-4H3,(H,29,30,31). The number of carbonyl (C=O) groups excluding carboxylic acids is 1. The zero-order chi connectivity index (χ0) is 26.5. The van der Waals surface area contributed by atoms with Gasteiger partial charge in [-0.1, -0.05) is 54.9 Å². The summed E-state index contributed by atoms with van der Waals surface area (Å²) in [6.07, 6.45) is 2.16. The molecular formula is C26H28BrClN4O4S. The van der Waals surface area contributed by atoms with Gasteiger partial charge in [-0.3, -0.25) is 0 Å². The van der Waals surface area contributed by atoms with E-state index in [4.69, 9.17) is 30.9 Å². The van der Waals surface area contributed by atoms with Crippen LogP contribution in [-0.4, -0.2) is 40.7 Å². The summed E-state index contributed by atoms with van der Waals surface area (Å²) in [5.41, 5.74) is 2.69. The number of thioether (sulfide) groups is 1. The number of halogens is 2. The highest BCUT2D eigenvalue weighted by atomic mass is 79.9. The van der Waals surface area contributed by atoms with Crippen LogP contribution in [0.15, 0.2) is 57.3 Å². The van der Waals surface area contributed by atoms with Crippen LogP contribution in [0.3, 0.4) is 0 Å². The van der Waals surface area contributed by atoms with Gasteiger partial charge in [0.1, 0.15) is 12.6 Å². The predicted octanol–water partition coefficient (Wildman–Crippen LogP) is 6.64. The Bertz CT molecular complexity index is 1330. The Morgan fingerprint density at radius 1 is 1.27 bits per heavy atom. The van der Waals surface area contributed by atoms with Crippen molar-refractivity contribution in [2.24, 2.45) is 0 Å². The maximum atomic E-state index is 12.9. The average Bonchev–Trinajstić information content (AvgIpc) is 3.29. The maximum absolute atomic E-state index is 12.9. The van der Waals surface area contributed by atoms with Gasteiger partial charge in [-0.05, 0) is 53.0 Å². The van der Waals surface area contributed by atoms with Gasteiger partial charge in [0.2, 0.25) is 11.1 Å². The van der Waals surface area contributed by atoms with Crippen LogP contribution in [0.2, 0.25) is 5.02 Å². The van der Waals surface area contributed by atoms with E-state index in [-0.39, 0.29) is 6.61 Å². The molecule has 0 aliphatic carbocycles. The first kappa shape index (κ1) is 27.3. The Hall–Kier alpha value is -2.69. The summed E-state index contributed by atoms with van der Waals surface area (Å²) < 4.78 is 19.3. The Kier molecular flexibility index (Phi) is 9.04. The first-order valence-corrected chi connectivity index (χ1v) is 13.9. The number of hydrogen-bond acceptors (Lipinski definition) is 8. The largest absolute Gasteiger partial charge is 0.493 e. The van der Waals surface area contributed by atoms with Crippen molar-refractivity contribution < 1.29 is 19.0 Å². The Morgan fingerprint density at radius 2 is 2.05 bits per heavy atom. The molecule has 4 rings (SSSR count). The molecule has 2 aromatic carbocycles. The molecule has 0 spiro atoms. The molecule has 2 heterocycles. The van der Waals surface area contributed by atoms with Gasteiger partial charge in [0.25, 0.3) is 0 Å². The van der Waals surface area contributed by atoms with Crippen LogP contribution in [0.4, 0.5) is 5.95 Å². The van der Waals surface area contributed by atoms with E-state index in [9.17, 15) is 4.79 Å². The Balaban J connectivity index is 1.74. The summed E-state index contributed by atoms with van der Waals surface area (Å²) in [5.74, 6) is 2.04. The number of rotatable bonds is 10. The molecule has 8 nitrogen and oxygen atoms in total. The number of benzene rings is 2. The van der Waals surface area contributed by atoms with Crippen LogP contribution in [0.1, 0.15) is 43.9 Å². The highest BCUT2D eigenvalue weighted by Crippen LogP contribution is 2.43. The topological polar surface area (TPSA) is 87.5 Å². The van der Waals surface area contributed by atoms with Crippen LogP contribution >= 0.6 is 39.3 Å². The molecule has 1 aromatic heterocycles. The smallest absolute Gasteiger partial charge is 0.338 e. The van der Waals surface area contributed by atoms with E-state index in [2.05, 4.69) is 33.2 Å². The van der Waals surface area contributed by atoms with Gasteiger partial charge in [0.05, 0.1) is 24.3 Å². The number of nitrogens with one attached hydrogen (secondary N) is 1.